The molecule has 0 heterocycles. The number of nitro groups is 1. The summed E-state index contributed by atoms with van der Waals surface area (Å²) in [5, 5.41) is 16.0. The van der Waals surface area contributed by atoms with Gasteiger partial charge in [0.25, 0.3) is 11.6 Å². The van der Waals surface area contributed by atoms with Gasteiger partial charge in [-0.3, -0.25) is 14.9 Å². The van der Waals surface area contributed by atoms with Crippen LogP contribution in [0.15, 0.2) is 18.2 Å². The number of nitro benzene ring substituents is 1. The van der Waals surface area contributed by atoms with Crippen molar-refractivity contribution in [2.45, 2.75) is 51.5 Å². The number of hydrogen-bond acceptors (Lipinski definition) is 4. The minimum atomic E-state index is -0.475. The van der Waals surface area contributed by atoms with Crippen LogP contribution in [0.1, 0.15) is 45.4 Å². The zero-order chi connectivity index (χ0) is 19.9. The Labute approximate surface area is 165 Å². The molecule has 4 fully saturated rings. The minimum absolute atomic E-state index is 0.0682. The standard InChI is InChI=1S/C21H29N3O4/c1-13(20(25)23-18-8-17(24(26)27)3-4-19(18)28-2)22-12-21-9-14-5-15(10-21)7-16(6-14)11-21/h3-4,8,13-16,22H,5-7,9-12H2,1-2H3,(H,23,25)/p+1/t13-,14?,15?,16?,21?/m0/s1. The molecule has 0 aliphatic heterocycles. The normalized spacial score (nSPS) is 31.4. The Balaban J connectivity index is 1.38. The first-order valence-electron chi connectivity index (χ1n) is 10.3. The number of quaternary nitrogens is 1. The molecular weight excluding hydrogens is 358 g/mol. The molecule has 3 N–H and O–H groups in total. The number of nitrogens with zero attached hydrogens (tertiary/aromatic N) is 1. The Bertz CT molecular complexity index is 744. The third-order valence-corrected chi connectivity index (χ3v) is 7.13. The number of rotatable bonds is 7. The lowest BCUT2D eigenvalue weighted by molar-refractivity contribution is -0.686. The zero-order valence-electron chi connectivity index (χ0n) is 16.6. The molecule has 1 atom stereocenters. The third kappa shape index (κ3) is 3.72. The molecule has 7 heteroatoms. The maximum atomic E-state index is 12.7. The summed E-state index contributed by atoms with van der Waals surface area (Å²) < 4.78 is 5.24. The van der Waals surface area contributed by atoms with Crippen molar-refractivity contribution in [3.8, 4) is 5.75 Å². The van der Waals surface area contributed by atoms with Crippen molar-refractivity contribution in [2.75, 3.05) is 19.0 Å². The van der Waals surface area contributed by atoms with Crippen molar-refractivity contribution in [1.82, 2.24) is 0 Å². The molecule has 28 heavy (non-hydrogen) atoms. The van der Waals surface area contributed by atoms with Gasteiger partial charge in [-0.2, -0.15) is 0 Å². The average molecular weight is 388 g/mol. The first kappa shape index (κ1) is 19.2. The molecule has 4 aliphatic rings. The number of nitrogens with one attached hydrogen (secondary N) is 1. The van der Waals surface area contributed by atoms with E-state index in [9.17, 15) is 14.9 Å². The number of carbonyl (C=O) groups is 1. The van der Waals surface area contributed by atoms with E-state index in [0.29, 0.717) is 16.9 Å². The number of amides is 1. The van der Waals surface area contributed by atoms with E-state index in [1.165, 1.54) is 63.8 Å². The fourth-order valence-electron chi connectivity index (χ4n) is 6.23. The predicted octanol–water partition coefficient (Wildman–Crippen LogP) is 2.71. The van der Waals surface area contributed by atoms with Crippen LogP contribution >= 0.6 is 0 Å². The molecule has 4 aliphatic carbocycles. The van der Waals surface area contributed by atoms with E-state index in [0.717, 1.165) is 24.3 Å². The number of methoxy groups -OCH3 is 1. The molecule has 1 amide bonds. The number of hydrogen-bond donors (Lipinski definition) is 2. The van der Waals surface area contributed by atoms with E-state index < -0.39 is 4.92 Å². The smallest absolute Gasteiger partial charge is 0.282 e. The fraction of sp³-hybridized carbons (Fsp3) is 0.667. The van der Waals surface area contributed by atoms with Crippen LogP contribution in [0, 0.1) is 33.3 Å². The first-order chi connectivity index (χ1) is 13.4. The number of ether oxygens (including phenoxy) is 1. The molecule has 4 bridgehead atoms. The Kier molecular flexibility index (Phi) is 5.04. The van der Waals surface area contributed by atoms with Crippen LogP contribution in [0.4, 0.5) is 11.4 Å². The van der Waals surface area contributed by atoms with Crippen molar-refractivity contribution in [1.29, 1.82) is 0 Å². The van der Waals surface area contributed by atoms with Crippen molar-refractivity contribution in [3.05, 3.63) is 28.3 Å². The van der Waals surface area contributed by atoms with Gasteiger partial charge in [0.1, 0.15) is 5.75 Å². The third-order valence-electron chi connectivity index (χ3n) is 7.13. The average Bonchev–Trinajstić information content (AvgIpc) is 2.65. The monoisotopic (exact) mass is 388 g/mol. The maximum absolute atomic E-state index is 12.7. The van der Waals surface area contributed by atoms with Gasteiger partial charge in [0.2, 0.25) is 0 Å². The summed E-state index contributed by atoms with van der Waals surface area (Å²) in [6.45, 7) is 2.90. The van der Waals surface area contributed by atoms with Crippen molar-refractivity contribution >= 4 is 17.3 Å². The molecule has 1 aromatic rings. The van der Waals surface area contributed by atoms with Gasteiger partial charge in [-0.25, -0.2) is 0 Å². The van der Waals surface area contributed by atoms with E-state index in [1.54, 1.807) is 0 Å². The second kappa shape index (κ2) is 7.35. The molecule has 0 spiro atoms. The summed E-state index contributed by atoms with van der Waals surface area (Å²) in [6.07, 6.45) is 8.22. The van der Waals surface area contributed by atoms with Crippen LogP contribution in [0.5, 0.6) is 5.75 Å². The van der Waals surface area contributed by atoms with Crippen molar-refractivity contribution < 1.29 is 19.8 Å². The Morgan fingerprint density at radius 3 is 2.43 bits per heavy atom. The summed E-state index contributed by atoms with van der Waals surface area (Å²) in [7, 11) is 1.49. The molecule has 0 radical (unpaired) electrons. The fourth-order valence-corrected chi connectivity index (χ4v) is 6.23. The van der Waals surface area contributed by atoms with Gasteiger partial charge in [-0.1, -0.05) is 0 Å². The Hall–Kier alpha value is -2.15. The second-order valence-electron chi connectivity index (χ2n) is 9.28. The molecule has 0 aromatic heterocycles. The summed E-state index contributed by atoms with van der Waals surface area (Å²) in [4.78, 5) is 23.3. The van der Waals surface area contributed by atoms with E-state index in [2.05, 4.69) is 10.6 Å². The van der Waals surface area contributed by atoms with E-state index in [4.69, 9.17) is 4.74 Å². The first-order valence-corrected chi connectivity index (χ1v) is 10.3. The highest BCUT2D eigenvalue weighted by molar-refractivity contribution is 5.95. The van der Waals surface area contributed by atoms with Crippen LogP contribution in [-0.4, -0.2) is 30.5 Å². The molecule has 7 nitrogen and oxygen atoms in total. The molecule has 4 saturated carbocycles. The lowest BCUT2D eigenvalue weighted by Crippen LogP contribution is -2.94. The van der Waals surface area contributed by atoms with Crippen LogP contribution in [-0.2, 0) is 4.79 Å². The zero-order valence-corrected chi connectivity index (χ0v) is 16.6. The van der Waals surface area contributed by atoms with Gasteiger partial charge in [0.05, 0.1) is 24.3 Å². The van der Waals surface area contributed by atoms with Gasteiger partial charge in [-0.05, 0) is 69.3 Å². The van der Waals surface area contributed by atoms with Crippen LogP contribution in [0.3, 0.4) is 0 Å². The summed E-state index contributed by atoms with van der Waals surface area (Å²) >= 11 is 0. The molecule has 152 valence electrons. The highest BCUT2D eigenvalue weighted by Gasteiger charge is 2.51. The minimum Gasteiger partial charge on any atom is -0.495 e. The van der Waals surface area contributed by atoms with Crippen LogP contribution in [0.25, 0.3) is 0 Å². The van der Waals surface area contributed by atoms with Crippen molar-refractivity contribution in [2.24, 2.45) is 23.2 Å². The Morgan fingerprint density at radius 2 is 1.89 bits per heavy atom. The van der Waals surface area contributed by atoms with Gasteiger partial charge >= 0.3 is 0 Å². The molecule has 0 unspecified atom stereocenters. The summed E-state index contributed by atoms with van der Waals surface area (Å²) in [6, 6.07) is 3.98. The van der Waals surface area contributed by atoms with E-state index in [1.807, 2.05) is 6.92 Å². The lowest BCUT2D eigenvalue weighted by Gasteiger charge is -2.56. The number of benzene rings is 1. The molecular formula is C21H30N3O4+. The molecule has 0 saturated heterocycles. The quantitative estimate of drug-likeness (QED) is 0.554. The second-order valence-corrected chi connectivity index (χ2v) is 9.28. The number of nitrogens with two attached hydrogens (primary N) is 1. The van der Waals surface area contributed by atoms with Gasteiger partial charge in [0, 0.05) is 17.5 Å². The van der Waals surface area contributed by atoms with Gasteiger partial charge < -0.3 is 15.4 Å². The van der Waals surface area contributed by atoms with Gasteiger partial charge in [0.15, 0.2) is 6.04 Å². The highest BCUT2D eigenvalue weighted by atomic mass is 16.6. The highest BCUT2D eigenvalue weighted by Crippen LogP contribution is 2.59. The Morgan fingerprint density at radius 1 is 1.29 bits per heavy atom. The summed E-state index contributed by atoms with van der Waals surface area (Å²) in [5.74, 6) is 2.98. The van der Waals surface area contributed by atoms with Crippen LogP contribution < -0.4 is 15.4 Å². The summed E-state index contributed by atoms with van der Waals surface area (Å²) in [5.41, 5.74) is 0.685. The number of anilines is 1. The van der Waals surface area contributed by atoms with E-state index in [-0.39, 0.29) is 17.6 Å². The number of carbonyl (C=O) groups excluding carboxylic acids is 1. The largest absolute Gasteiger partial charge is 0.495 e. The number of non-ortho nitro benzene ring substituents is 1. The van der Waals surface area contributed by atoms with Crippen molar-refractivity contribution in [3.63, 3.8) is 0 Å². The topological polar surface area (TPSA) is 98.1 Å². The predicted molar refractivity (Wildman–Crippen MR) is 105 cm³/mol. The van der Waals surface area contributed by atoms with Crippen LogP contribution in [0.2, 0.25) is 0 Å². The van der Waals surface area contributed by atoms with Gasteiger partial charge in [-0.15, -0.1) is 0 Å². The maximum Gasteiger partial charge on any atom is 0.282 e. The molecule has 1 aromatic carbocycles. The SMILES string of the molecule is COc1ccc([N+](=O)[O-])cc1NC(=O)[C@H](C)[NH2+]CC12CC3CC(CC(C3)C1)C2. The molecule has 5 rings (SSSR count). The van der Waals surface area contributed by atoms with E-state index >= 15 is 0 Å². The lowest BCUT2D eigenvalue weighted by atomic mass is 9.49.